The van der Waals surface area contributed by atoms with Crippen molar-refractivity contribution >= 4 is 18.6 Å². The summed E-state index contributed by atoms with van der Waals surface area (Å²) in [6.45, 7) is 3.56. The smallest absolute Gasteiger partial charge is 0.872 e. The molecule has 185 valence electrons. The fourth-order valence-electron chi connectivity index (χ4n) is 3.18. The summed E-state index contributed by atoms with van der Waals surface area (Å²) in [5, 5.41) is 35.4. The van der Waals surface area contributed by atoms with Crippen LogP contribution >= 0.6 is 0 Å². The van der Waals surface area contributed by atoms with Crippen LogP contribution in [0.2, 0.25) is 0 Å². The van der Waals surface area contributed by atoms with E-state index in [0.29, 0.717) is 56.0 Å². The largest absolute Gasteiger partial charge is 3.00 e. The van der Waals surface area contributed by atoms with Gasteiger partial charge in [-0.2, -0.15) is 0 Å². The Kier molecular flexibility index (Phi) is 13.1. The van der Waals surface area contributed by atoms with Crippen LogP contribution in [0.5, 0.6) is 17.2 Å². The van der Waals surface area contributed by atoms with Crippen molar-refractivity contribution in [2.45, 2.75) is 0 Å². The van der Waals surface area contributed by atoms with Gasteiger partial charge in [0.25, 0.3) is 0 Å². The van der Waals surface area contributed by atoms with E-state index in [4.69, 9.17) is 0 Å². The van der Waals surface area contributed by atoms with Crippen molar-refractivity contribution in [1.29, 1.82) is 0 Å². The molecule has 0 unspecified atom stereocenters. The molecule has 0 amide bonds. The third-order valence-corrected chi connectivity index (χ3v) is 5.08. The van der Waals surface area contributed by atoms with Crippen LogP contribution in [0, 0.1) is 37.3 Å². The molecule has 8 heteroatoms. The number of aliphatic imine (C=N–C) groups is 3. The maximum absolute atomic E-state index is 11.8. The minimum atomic E-state index is -0.0518. The molecule has 0 heterocycles. The van der Waals surface area contributed by atoms with Crippen molar-refractivity contribution in [1.82, 2.24) is 4.90 Å². The van der Waals surface area contributed by atoms with Crippen LogP contribution in [0.4, 0.5) is 0 Å². The molecular weight excluding hydrogens is 596 g/mol. The Labute approximate surface area is 235 Å². The summed E-state index contributed by atoms with van der Waals surface area (Å²) in [5.74, 6) is -0.155. The monoisotopic (exact) mass is 621 g/mol. The van der Waals surface area contributed by atoms with E-state index in [1.54, 1.807) is 55.0 Å². The van der Waals surface area contributed by atoms with Crippen LogP contribution in [0.25, 0.3) is 0 Å². The molecule has 0 N–H and O–H groups in total. The molecule has 0 aliphatic heterocycles. The maximum Gasteiger partial charge on any atom is 3.00 e. The fourth-order valence-corrected chi connectivity index (χ4v) is 3.18. The second-order valence-electron chi connectivity index (χ2n) is 7.56. The van der Waals surface area contributed by atoms with Crippen molar-refractivity contribution in [3.63, 3.8) is 0 Å². The van der Waals surface area contributed by atoms with Crippen molar-refractivity contribution in [3.8, 4) is 17.2 Å². The first-order valence-electron chi connectivity index (χ1n) is 11.1. The topological polar surface area (TPSA) is 110 Å². The van der Waals surface area contributed by atoms with Crippen molar-refractivity contribution in [2.75, 3.05) is 39.3 Å². The van der Waals surface area contributed by atoms with E-state index in [-0.39, 0.29) is 54.6 Å². The van der Waals surface area contributed by atoms with Gasteiger partial charge in [0.1, 0.15) is 0 Å². The van der Waals surface area contributed by atoms with E-state index < -0.39 is 0 Å². The van der Waals surface area contributed by atoms with Crippen LogP contribution in [0.3, 0.4) is 0 Å². The van der Waals surface area contributed by atoms with Crippen LogP contribution in [-0.4, -0.2) is 62.8 Å². The summed E-state index contributed by atoms with van der Waals surface area (Å²) in [6, 6.07) is 20.3. The van der Waals surface area contributed by atoms with Crippen molar-refractivity contribution < 1.29 is 52.6 Å². The molecular formula is C27H27ErN4O3. The summed E-state index contributed by atoms with van der Waals surface area (Å²) >= 11 is 0. The molecule has 0 saturated carbocycles. The molecule has 0 bridgehead atoms. The minimum Gasteiger partial charge on any atom is -0.872 e. The quantitative estimate of drug-likeness (QED) is 0.287. The number of para-hydroxylation sites is 3. The first-order chi connectivity index (χ1) is 16.6. The Morgan fingerprint density at radius 2 is 0.800 bits per heavy atom. The summed E-state index contributed by atoms with van der Waals surface area (Å²) in [5.41, 5.74) is 1.70. The van der Waals surface area contributed by atoms with Gasteiger partial charge >= 0.3 is 37.3 Å². The number of nitrogens with zero attached hydrogens (tertiary/aromatic N) is 4. The molecule has 3 aromatic rings. The summed E-state index contributed by atoms with van der Waals surface area (Å²) in [7, 11) is 0. The molecule has 0 aliphatic rings. The van der Waals surface area contributed by atoms with E-state index >= 15 is 0 Å². The molecule has 3 aromatic carbocycles. The maximum atomic E-state index is 11.8. The first-order valence-corrected chi connectivity index (χ1v) is 11.1. The third kappa shape index (κ3) is 10.2. The minimum absolute atomic E-state index is 0. The number of hydrogen-bond donors (Lipinski definition) is 0. The Morgan fingerprint density at radius 3 is 1.09 bits per heavy atom. The molecule has 0 aromatic heterocycles. The van der Waals surface area contributed by atoms with Gasteiger partial charge in [-0.15, -0.1) is 17.2 Å². The second kappa shape index (κ2) is 16.0. The van der Waals surface area contributed by atoms with Gasteiger partial charge in [-0.05, 0) is 16.7 Å². The molecule has 0 aliphatic carbocycles. The van der Waals surface area contributed by atoms with Gasteiger partial charge < -0.3 is 15.3 Å². The first kappa shape index (κ1) is 28.5. The molecule has 0 atom stereocenters. The van der Waals surface area contributed by atoms with E-state index in [1.165, 1.54) is 18.2 Å². The van der Waals surface area contributed by atoms with Gasteiger partial charge in [0.05, 0.1) is 19.6 Å². The zero-order valence-corrected chi connectivity index (χ0v) is 21.1. The zero-order valence-electron chi connectivity index (χ0n) is 19.2. The molecule has 35 heavy (non-hydrogen) atoms. The molecule has 0 fully saturated rings. The summed E-state index contributed by atoms with van der Waals surface area (Å²) in [4.78, 5) is 15.3. The predicted molar refractivity (Wildman–Crippen MR) is 131 cm³/mol. The fraction of sp³-hybridized carbons (Fsp3) is 0.222. The van der Waals surface area contributed by atoms with Crippen LogP contribution in [-0.2, 0) is 0 Å². The van der Waals surface area contributed by atoms with Gasteiger partial charge in [0.2, 0.25) is 0 Å². The van der Waals surface area contributed by atoms with Gasteiger partial charge in [0, 0.05) is 38.3 Å². The third-order valence-electron chi connectivity index (χ3n) is 5.08. The van der Waals surface area contributed by atoms with Gasteiger partial charge in [0.15, 0.2) is 0 Å². The van der Waals surface area contributed by atoms with E-state index in [0.717, 1.165) is 0 Å². The van der Waals surface area contributed by atoms with Gasteiger partial charge in [-0.1, -0.05) is 72.8 Å². The SMILES string of the molecule is [Er+3].[O-]c1ccccc1C=NCCN(CCN=Cc1ccccc1[O-])CCN=Cc1ccccc1[O-]. The average molecular weight is 623 g/mol. The zero-order chi connectivity index (χ0) is 24.0. The summed E-state index contributed by atoms with van der Waals surface area (Å²) in [6.07, 6.45) is 4.81. The van der Waals surface area contributed by atoms with Crippen LogP contribution < -0.4 is 15.3 Å². The second-order valence-corrected chi connectivity index (χ2v) is 7.56. The van der Waals surface area contributed by atoms with Crippen molar-refractivity contribution in [2.24, 2.45) is 15.0 Å². The van der Waals surface area contributed by atoms with Crippen LogP contribution in [0.1, 0.15) is 16.7 Å². The standard InChI is InChI=1S/C27H30N4O3.Er/c32-25-10-4-1-7-22(25)19-28-13-16-31(17-14-29-20-23-8-2-5-11-26(23)33)18-15-30-21-24-9-3-6-12-27(24)34;/h1-12,19-21,32-34H,13-18H2;/q;+3/p-3. The van der Waals surface area contributed by atoms with Gasteiger partial charge in [-0.3, -0.25) is 19.9 Å². The van der Waals surface area contributed by atoms with Crippen LogP contribution in [0.15, 0.2) is 87.8 Å². The predicted octanol–water partition coefficient (Wildman–Crippen LogP) is 1.87. The molecule has 3 rings (SSSR count). The van der Waals surface area contributed by atoms with Gasteiger partial charge in [-0.25, -0.2) is 0 Å². The Balaban J connectivity index is 0.00000432. The van der Waals surface area contributed by atoms with Crippen molar-refractivity contribution in [3.05, 3.63) is 89.5 Å². The normalized spacial score (nSPS) is 11.6. The Bertz CT molecular complexity index is 993. The Morgan fingerprint density at radius 1 is 0.514 bits per heavy atom. The average Bonchev–Trinajstić information content (AvgIpc) is 2.84. The number of hydrogen-bond acceptors (Lipinski definition) is 7. The Hall–Kier alpha value is -2.72. The number of rotatable bonds is 12. The van der Waals surface area contributed by atoms with E-state index in [9.17, 15) is 15.3 Å². The number of benzene rings is 3. The summed E-state index contributed by atoms with van der Waals surface area (Å²) < 4.78 is 0. The molecule has 7 nitrogen and oxygen atoms in total. The molecule has 0 spiro atoms. The molecule has 1 radical (unpaired) electrons. The van der Waals surface area contributed by atoms with E-state index in [2.05, 4.69) is 19.9 Å². The van der Waals surface area contributed by atoms with E-state index in [1.807, 2.05) is 18.2 Å². The molecule has 0 saturated heterocycles.